The van der Waals surface area contributed by atoms with Crippen LogP contribution >= 0.6 is 0 Å². The van der Waals surface area contributed by atoms with Gasteiger partial charge in [0.05, 0.1) is 5.69 Å². The van der Waals surface area contributed by atoms with Crippen molar-refractivity contribution in [3.63, 3.8) is 0 Å². The third-order valence-corrected chi connectivity index (χ3v) is 4.17. The van der Waals surface area contributed by atoms with Crippen LogP contribution in [0, 0.1) is 11.7 Å². The lowest BCUT2D eigenvalue weighted by molar-refractivity contribution is 0.344. The van der Waals surface area contributed by atoms with Gasteiger partial charge in [0.2, 0.25) is 0 Å². The number of rotatable bonds is 2. The fourth-order valence-electron chi connectivity index (χ4n) is 2.91. The van der Waals surface area contributed by atoms with Gasteiger partial charge in [-0.2, -0.15) is 5.10 Å². The molecule has 0 unspecified atom stereocenters. The summed E-state index contributed by atoms with van der Waals surface area (Å²) in [6.45, 7) is 2.32. The molecule has 3 heteroatoms. The number of benzene rings is 1. The number of H-pyrrole nitrogens is 1. The molecule has 0 radical (unpaired) electrons. The smallest absolute Gasteiger partial charge is 0.123 e. The number of aromatic amines is 1. The number of hydrogen-bond acceptors (Lipinski definition) is 1. The summed E-state index contributed by atoms with van der Waals surface area (Å²) >= 11 is 0. The average molecular weight is 258 g/mol. The summed E-state index contributed by atoms with van der Waals surface area (Å²) in [7, 11) is 0. The number of nitrogens with one attached hydrogen (secondary N) is 1. The molecule has 2 aromatic rings. The van der Waals surface area contributed by atoms with Gasteiger partial charge in [-0.25, -0.2) is 4.39 Å². The van der Waals surface area contributed by atoms with Gasteiger partial charge in [0.1, 0.15) is 5.82 Å². The van der Waals surface area contributed by atoms with E-state index in [1.165, 1.54) is 43.5 Å². The molecule has 1 N–H and O–H groups in total. The van der Waals surface area contributed by atoms with Crippen LogP contribution in [0.25, 0.3) is 11.3 Å². The van der Waals surface area contributed by atoms with Crippen LogP contribution in [0.4, 0.5) is 4.39 Å². The molecule has 0 amide bonds. The Morgan fingerprint density at radius 3 is 2.68 bits per heavy atom. The summed E-state index contributed by atoms with van der Waals surface area (Å²) in [6.07, 6.45) is 5.04. The maximum Gasteiger partial charge on any atom is 0.123 e. The molecule has 0 bridgehead atoms. The molecule has 3 rings (SSSR count). The van der Waals surface area contributed by atoms with Crippen molar-refractivity contribution in [1.82, 2.24) is 10.2 Å². The number of nitrogens with zero attached hydrogens (tertiary/aromatic N) is 1. The van der Waals surface area contributed by atoms with E-state index in [0.29, 0.717) is 5.92 Å². The van der Waals surface area contributed by atoms with Gasteiger partial charge in [-0.15, -0.1) is 0 Å². The molecule has 1 saturated carbocycles. The minimum absolute atomic E-state index is 0.214. The largest absolute Gasteiger partial charge is 0.282 e. The van der Waals surface area contributed by atoms with Crippen LogP contribution in [0.1, 0.15) is 44.2 Å². The van der Waals surface area contributed by atoms with Crippen LogP contribution in [0.3, 0.4) is 0 Å². The number of aromatic nitrogens is 2. The molecule has 19 heavy (non-hydrogen) atoms. The summed E-state index contributed by atoms with van der Waals surface area (Å²) in [6, 6.07) is 8.69. The number of halogens is 1. The van der Waals surface area contributed by atoms with E-state index < -0.39 is 0 Å². The van der Waals surface area contributed by atoms with E-state index in [-0.39, 0.29) is 5.82 Å². The Balaban J connectivity index is 1.80. The lowest BCUT2D eigenvalue weighted by Gasteiger charge is -2.24. The Hall–Kier alpha value is -1.64. The SMILES string of the molecule is CC1CCC(c2cc(-c3cccc(F)c3)n[nH]2)CC1. The molecule has 1 aromatic carbocycles. The quantitative estimate of drug-likeness (QED) is 0.843. The van der Waals surface area contributed by atoms with Crippen LogP contribution in [-0.2, 0) is 0 Å². The summed E-state index contributed by atoms with van der Waals surface area (Å²) < 4.78 is 13.2. The lowest BCUT2D eigenvalue weighted by Crippen LogP contribution is -2.10. The van der Waals surface area contributed by atoms with E-state index in [1.807, 2.05) is 6.07 Å². The monoisotopic (exact) mass is 258 g/mol. The molecular formula is C16H19FN2. The van der Waals surface area contributed by atoms with Gasteiger partial charge in [0.25, 0.3) is 0 Å². The highest BCUT2D eigenvalue weighted by Gasteiger charge is 2.21. The summed E-state index contributed by atoms with van der Waals surface area (Å²) in [5.41, 5.74) is 2.88. The van der Waals surface area contributed by atoms with Gasteiger partial charge in [0.15, 0.2) is 0 Å². The molecule has 0 spiro atoms. The molecule has 1 heterocycles. The minimum Gasteiger partial charge on any atom is -0.282 e. The average Bonchev–Trinajstić information content (AvgIpc) is 2.89. The Morgan fingerprint density at radius 2 is 1.95 bits per heavy atom. The molecule has 1 fully saturated rings. The zero-order valence-electron chi connectivity index (χ0n) is 11.2. The summed E-state index contributed by atoms with van der Waals surface area (Å²) in [4.78, 5) is 0. The van der Waals surface area contributed by atoms with Crippen LogP contribution in [0.15, 0.2) is 30.3 Å². The predicted octanol–water partition coefficient (Wildman–Crippen LogP) is 4.51. The van der Waals surface area contributed by atoms with Crippen LogP contribution in [0.2, 0.25) is 0 Å². The molecule has 1 aliphatic rings. The third-order valence-electron chi connectivity index (χ3n) is 4.17. The second kappa shape index (κ2) is 5.16. The van der Waals surface area contributed by atoms with E-state index in [1.54, 1.807) is 6.07 Å². The molecule has 0 aliphatic heterocycles. The van der Waals surface area contributed by atoms with Gasteiger partial charge in [-0.1, -0.05) is 31.9 Å². The molecule has 1 aromatic heterocycles. The van der Waals surface area contributed by atoms with Crippen molar-refractivity contribution in [2.24, 2.45) is 5.92 Å². The minimum atomic E-state index is -0.214. The Kier molecular flexibility index (Phi) is 3.36. The highest BCUT2D eigenvalue weighted by Crippen LogP contribution is 2.35. The molecule has 1 aliphatic carbocycles. The standard InChI is InChI=1S/C16H19FN2/c1-11-5-7-12(8-6-11)15-10-16(19-18-15)13-3-2-4-14(17)9-13/h2-4,9-12H,5-8H2,1H3,(H,18,19). The Morgan fingerprint density at radius 1 is 1.16 bits per heavy atom. The fraction of sp³-hybridized carbons (Fsp3) is 0.438. The highest BCUT2D eigenvalue weighted by molar-refractivity contribution is 5.59. The molecule has 2 nitrogen and oxygen atoms in total. The van der Waals surface area contributed by atoms with Crippen molar-refractivity contribution < 1.29 is 4.39 Å². The van der Waals surface area contributed by atoms with Crippen molar-refractivity contribution >= 4 is 0 Å². The maximum atomic E-state index is 13.2. The normalized spacial score (nSPS) is 23.5. The van der Waals surface area contributed by atoms with E-state index in [9.17, 15) is 4.39 Å². The third kappa shape index (κ3) is 2.70. The topological polar surface area (TPSA) is 28.7 Å². The molecule has 0 atom stereocenters. The highest BCUT2D eigenvalue weighted by atomic mass is 19.1. The van der Waals surface area contributed by atoms with Gasteiger partial charge in [0, 0.05) is 17.2 Å². The Labute approximate surface area is 113 Å². The van der Waals surface area contributed by atoms with Gasteiger partial charge in [-0.3, -0.25) is 5.10 Å². The first-order valence-corrected chi connectivity index (χ1v) is 7.03. The maximum absolute atomic E-state index is 13.2. The summed E-state index contributed by atoms with van der Waals surface area (Å²) in [5.74, 6) is 1.22. The second-order valence-corrected chi connectivity index (χ2v) is 5.68. The summed E-state index contributed by atoms with van der Waals surface area (Å²) in [5, 5.41) is 7.47. The van der Waals surface area contributed by atoms with Crippen LogP contribution < -0.4 is 0 Å². The first-order valence-electron chi connectivity index (χ1n) is 7.03. The first kappa shape index (κ1) is 12.4. The van der Waals surface area contributed by atoms with E-state index in [2.05, 4.69) is 23.2 Å². The van der Waals surface area contributed by atoms with E-state index >= 15 is 0 Å². The van der Waals surface area contributed by atoms with Crippen LogP contribution in [0.5, 0.6) is 0 Å². The van der Waals surface area contributed by atoms with E-state index in [4.69, 9.17) is 0 Å². The fourth-order valence-corrected chi connectivity index (χ4v) is 2.91. The first-order chi connectivity index (χ1) is 9.22. The van der Waals surface area contributed by atoms with Crippen LogP contribution in [-0.4, -0.2) is 10.2 Å². The number of hydrogen-bond donors (Lipinski definition) is 1. The predicted molar refractivity (Wildman–Crippen MR) is 74.4 cm³/mol. The molecule has 100 valence electrons. The van der Waals surface area contributed by atoms with Crippen molar-refractivity contribution in [1.29, 1.82) is 0 Å². The lowest BCUT2D eigenvalue weighted by atomic mass is 9.81. The zero-order valence-corrected chi connectivity index (χ0v) is 11.2. The van der Waals surface area contributed by atoms with Crippen molar-refractivity contribution in [2.45, 2.75) is 38.5 Å². The van der Waals surface area contributed by atoms with Gasteiger partial charge in [-0.05, 0) is 37.0 Å². The Bertz CT molecular complexity index is 553. The second-order valence-electron chi connectivity index (χ2n) is 5.68. The van der Waals surface area contributed by atoms with Gasteiger partial charge >= 0.3 is 0 Å². The van der Waals surface area contributed by atoms with Crippen molar-refractivity contribution in [2.75, 3.05) is 0 Å². The zero-order chi connectivity index (χ0) is 13.2. The van der Waals surface area contributed by atoms with Gasteiger partial charge < -0.3 is 0 Å². The molecule has 0 saturated heterocycles. The van der Waals surface area contributed by atoms with Crippen molar-refractivity contribution in [3.8, 4) is 11.3 Å². The van der Waals surface area contributed by atoms with Crippen molar-refractivity contribution in [3.05, 3.63) is 41.8 Å². The molecular weight excluding hydrogens is 239 g/mol. The van der Waals surface area contributed by atoms with E-state index in [0.717, 1.165) is 17.2 Å².